The third-order valence-corrected chi connectivity index (χ3v) is 5.53. The molecule has 1 aliphatic heterocycles. The predicted molar refractivity (Wildman–Crippen MR) is 120 cm³/mol. The molecule has 1 aromatic heterocycles. The Bertz CT molecular complexity index is 841. The molecule has 2 aromatic rings. The van der Waals surface area contributed by atoms with Gasteiger partial charge < -0.3 is 20.9 Å². The van der Waals surface area contributed by atoms with Gasteiger partial charge >= 0.3 is 0 Å². The monoisotopic (exact) mass is 418 g/mol. The maximum atomic E-state index is 11.5. The lowest BCUT2D eigenvalue weighted by Gasteiger charge is -2.32. The average Bonchev–Trinajstić information content (AvgIpc) is 3.11. The predicted octanol–water partition coefficient (Wildman–Crippen LogP) is 2.13. The van der Waals surface area contributed by atoms with Gasteiger partial charge in [0.1, 0.15) is 0 Å². The lowest BCUT2D eigenvalue weighted by Crippen LogP contribution is -2.50. The molecule has 1 amide bonds. The van der Waals surface area contributed by atoms with Crippen molar-refractivity contribution in [1.82, 2.24) is 25.8 Å². The molecule has 1 aromatic carbocycles. The number of aromatic nitrogens is 1. The van der Waals surface area contributed by atoms with Crippen LogP contribution in [0, 0.1) is 0 Å². The minimum atomic E-state index is 0.0740. The topological polar surface area (TPSA) is 84.6 Å². The summed E-state index contributed by atoms with van der Waals surface area (Å²) in [6, 6.07) is 6.28. The molecule has 0 radical (unpaired) electrons. The van der Waals surface area contributed by atoms with Crippen LogP contribution in [-0.4, -0.2) is 67.6 Å². The van der Waals surface area contributed by atoms with Gasteiger partial charge in [0.25, 0.3) is 0 Å². The van der Waals surface area contributed by atoms with Crippen LogP contribution in [0.15, 0.2) is 29.4 Å². The second-order valence-electron chi connectivity index (χ2n) is 7.38. The summed E-state index contributed by atoms with van der Waals surface area (Å²) in [5.41, 5.74) is 2.33. The number of hydrogen-bond acceptors (Lipinski definition) is 3. The zero-order valence-corrected chi connectivity index (χ0v) is 18.0. The zero-order valence-electron chi connectivity index (χ0n) is 17.2. The number of guanidine groups is 1. The fourth-order valence-electron chi connectivity index (χ4n) is 3.68. The van der Waals surface area contributed by atoms with E-state index in [0.29, 0.717) is 19.1 Å². The van der Waals surface area contributed by atoms with Gasteiger partial charge in [-0.25, -0.2) is 0 Å². The molecule has 1 aliphatic rings. The summed E-state index contributed by atoms with van der Waals surface area (Å²) in [6.07, 6.45) is 4.89. The number of nitrogens with one attached hydrogen (secondary N) is 4. The second kappa shape index (κ2) is 10.5. The molecule has 0 bridgehead atoms. The molecule has 2 heterocycles. The van der Waals surface area contributed by atoms with Crippen LogP contribution in [0.4, 0.5) is 0 Å². The van der Waals surface area contributed by atoms with E-state index in [4.69, 9.17) is 16.6 Å². The Morgan fingerprint density at radius 2 is 2.14 bits per heavy atom. The van der Waals surface area contributed by atoms with E-state index in [1.165, 1.54) is 5.56 Å². The van der Waals surface area contributed by atoms with E-state index in [1.54, 1.807) is 7.05 Å². The highest BCUT2D eigenvalue weighted by Gasteiger charge is 2.21. The van der Waals surface area contributed by atoms with Crippen LogP contribution in [0.3, 0.4) is 0 Å². The number of carbonyl (C=O) groups excluding carboxylic acids is 1. The number of likely N-dealkylation sites (N-methyl/N-ethyl adjacent to an activating group) is 1. The summed E-state index contributed by atoms with van der Waals surface area (Å²) in [5, 5.41) is 11.5. The largest absolute Gasteiger partial charge is 0.361 e. The summed E-state index contributed by atoms with van der Waals surface area (Å²) < 4.78 is 0. The van der Waals surface area contributed by atoms with Crippen molar-refractivity contribution in [3.63, 3.8) is 0 Å². The fourth-order valence-corrected chi connectivity index (χ4v) is 3.85. The highest BCUT2D eigenvalue weighted by atomic mass is 35.5. The first-order valence-electron chi connectivity index (χ1n) is 10.3. The number of rotatable bonds is 7. The third kappa shape index (κ3) is 6.11. The Morgan fingerprint density at radius 3 is 2.86 bits per heavy atom. The third-order valence-electron chi connectivity index (χ3n) is 5.30. The number of carbonyl (C=O) groups is 1. The van der Waals surface area contributed by atoms with E-state index in [0.717, 1.165) is 60.8 Å². The van der Waals surface area contributed by atoms with E-state index >= 15 is 0 Å². The number of H-pyrrole nitrogens is 1. The van der Waals surface area contributed by atoms with Crippen LogP contribution in [-0.2, 0) is 11.2 Å². The number of amides is 1. The van der Waals surface area contributed by atoms with Gasteiger partial charge in [-0.3, -0.25) is 14.7 Å². The zero-order chi connectivity index (χ0) is 20.6. The number of aromatic amines is 1. The van der Waals surface area contributed by atoms with Gasteiger partial charge in [-0.2, -0.15) is 0 Å². The minimum absolute atomic E-state index is 0.0740. The van der Waals surface area contributed by atoms with Crippen molar-refractivity contribution in [3.8, 4) is 0 Å². The summed E-state index contributed by atoms with van der Waals surface area (Å²) in [4.78, 5) is 21.8. The quantitative estimate of drug-likeness (QED) is 0.410. The standard InChI is InChI=1S/C21H31ClN6O/c1-3-24-21(27-17-7-10-28(11-8-17)14-20(29)23-2)25-9-6-15-13-26-19-5-4-16(22)12-18(15)19/h4-5,12-13,17,26H,3,6-11,14H2,1-2H3,(H,23,29)(H2,24,25,27). The number of hydrogen-bond donors (Lipinski definition) is 4. The first kappa shape index (κ1) is 21.5. The lowest BCUT2D eigenvalue weighted by molar-refractivity contribution is -0.122. The van der Waals surface area contributed by atoms with Crippen LogP contribution < -0.4 is 16.0 Å². The Hall–Kier alpha value is -2.25. The Morgan fingerprint density at radius 1 is 1.34 bits per heavy atom. The molecule has 0 atom stereocenters. The van der Waals surface area contributed by atoms with Gasteiger partial charge in [0.15, 0.2) is 5.96 Å². The molecule has 4 N–H and O–H groups in total. The van der Waals surface area contributed by atoms with Crippen LogP contribution >= 0.6 is 11.6 Å². The molecular weight excluding hydrogens is 388 g/mol. The van der Waals surface area contributed by atoms with Gasteiger partial charge in [-0.1, -0.05) is 11.6 Å². The minimum Gasteiger partial charge on any atom is -0.361 e. The summed E-state index contributed by atoms with van der Waals surface area (Å²) in [7, 11) is 1.68. The van der Waals surface area contributed by atoms with Gasteiger partial charge in [-0.15, -0.1) is 0 Å². The van der Waals surface area contributed by atoms with Gasteiger partial charge in [0.05, 0.1) is 6.54 Å². The van der Waals surface area contributed by atoms with Crippen LogP contribution in [0.5, 0.6) is 0 Å². The number of likely N-dealkylation sites (tertiary alicyclic amines) is 1. The van der Waals surface area contributed by atoms with Crippen molar-refractivity contribution in [2.24, 2.45) is 4.99 Å². The van der Waals surface area contributed by atoms with Gasteiger partial charge in [0, 0.05) is 61.4 Å². The number of fused-ring (bicyclic) bond motifs is 1. The Labute approximate surface area is 177 Å². The van der Waals surface area contributed by atoms with E-state index in [2.05, 4.69) is 32.8 Å². The van der Waals surface area contributed by atoms with E-state index in [9.17, 15) is 4.79 Å². The van der Waals surface area contributed by atoms with E-state index < -0.39 is 0 Å². The van der Waals surface area contributed by atoms with Crippen LogP contribution in [0.2, 0.25) is 5.02 Å². The molecule has 158 valence electrons. The first-order valence-corrected chi connectivity index (χ1v) is 10.7. The van der Waals surface area contributed by atoms with Crippen molar-refractivity contribution in [2.75, 3.05) is 39.8 Å². The summed E-state index contributed by atoms with van der Waals surface area (Å²) >= 11 is 6.14. The maximum absolute atomic E-state index is 11.5. The number of nitrogens with zero attached hydrogens (tertiary/aromatic N) is 2. The first-order chi connectivity index (χ1) is 14.1. The second-order valence-corrected chi connectivity index (χ2v) is 7.82. The smallest absolute Gasteiger partial charge is 0.233 e. The maximum Gasteiger partial charge on any atom is 0.233 e. The number of piperidine rings is 1. The van der Waals surface area contributed by atoms with Crippen molar-refractivity contribution < 1.29 is 4.79 Å². The van der Waals surface area contributed by atoms with Crippen molar-refractivity contribution in [1.29, 1.82) is 0 Å². The van der Waals surface area contributed by atoms with Crippen molar-refractivity contribution in [2.45, 2.75) is 32.2 Å². The van der Waals surface area contributed by atoms with E-state index in [1.807, 2.05) is 24.4 Å². The normalized spacial score (nSPS) is 16.2. The molecule has 0 aliphatic carbocycles. The molecule has 1 fully saturated rings. The van der Waals surface area contributed by atoms with E-state index in [-0.39, 0.29) is 5.91 Å². The van der Waals surface area contributed by atoms with Gasteiger partial charge in [-0.05, 0) is 49.9 Å². The molecule has 1 saturated heterocycles. The summed E-state index contributed by atoms with van der Waals surface area (Å²) in [5.74, 6) is 0.931. The number of aliphatic imine (C=N–C) groups is 1. The Kier molecular flexibility index (Phi) is 7.77. The molecule has 0 saturated carbocycles. The molecule has 0 spiro atoms. The van der Waals surface area contributed by atoms with Crippen molar-refractivity contribution >= 4 is 34.4 Å². The van der Waals surface area contributed by atoms with Crippen molar-refractivity contribution in [3.05, 3.63) is 35.0 Å². The lowest BCUT2D eigenvalue weighted by atomic mass is 10.1. The van der Waals surface area contributed by atoms with Crippen LogP contribution in [0.25, 0.3) is 10.9 Å². The molecule has 7 nitrogen and oxygen atoms in total. The Balaban J connectivity index is 1.52. The number of halogens is 1. The molecular formula is C21H31ClN6O. The molecule has 8 heteroatoms. The molecule has 0 unspecified atom stereocenters. The van der Waals surface area contributed by atoms with Gasteiger partial charge in [0.2, 0.25) is 5.91 Å². The SMILES string of the molecule is CCNC(=NCCc1c[nH]c2ccc(Cl)cc12)NC1CCN(CC(=O)NC)CC1. The highest BCUT2D eigenvalue weighted by Crippen LogP contribution is 2.22. The molecule has 29 heavy (non-hydrogen) atoms. The molecule has 3 rings (SSSR count). The fraction of sp³-hybridized carbons (Fsp3) is 0.524. The highest BCUT2D eigenvalue weighted by molar-refractivity contribution is 6.31. The number of benzene rings is 1. The van der Waals surface area contributed by atoms with Crippen LogP contribution in [0.1, 0.15) is 25.3 Å². The average molecular weight is 419 g/mol. The summed E-state index contributed by atoms with van der Waals surface area (Å²) in [6.45, 7) is 5.91.